The van der Waals surface area contributed by atoms with Gasteiger partial charge in [-0.05, 0) is 37.0 Å². The Labute approximate surface area is 128 Å². The lowest BCUT2D eigenvalue weighted by Gasteiger charge is -2.34. The number of benzene rings is 1. The molecule has 1 fully saturated rings. The third kappa shape index (κ3) is 3.22. The Balaban J connectivity index is 2.45. The molecule has 0 unspecified atom stereocenters. The number of amides is 1. The van der Waals surface area contributed by atoms with E-state index in [0.717, 1.165) is 56.4 Å². The van der Waals surface area contributed by atoms with Crippen LogP contribution in [-0.4, -0.2) is 31.5 Å². The van der Waals surface area contributed by atoms with Gasteiger partial charge in [-0.1, -0.05) is 38.3 Å². The van der Waals surface area contributed by atoms with Crippen molar-refractivity contribution in [1.82, 2.24) is 4.90 Å². The fourth-order valence-corrected chi connectivity index (χ4v) is 3.39. The summed E-state index contributed by atoms with van der Waals surface area (Å²) in [7, 11) is 3.62. The first-order chi connectivity index (χ1) is 10.1. The van der Waals surface area contributed by atoms with Gasteiger partial charge in [-0.15, -0.1) is 0 Å². The van der Waals surface area contributed by atoms with Crippen molar-refractivity contribution in [2.45, 2.75) is 50.9 Å². The monoisotopic (exact) mass is 289 g/mol. The molecule has 1 atom stereocenters. The molecule has 2 rings (SSSR count). The molecular weight excluding hydrogens is 262 g/mol. The molecule has 3 heteroatoms. The number of unbranched alkanes of at least 4 members (excludes halogenated alkanes) is 1. The third-order valence-electron chi connectivity index (χ3n) is 4.68. The van der Waals surface area contributed by atoms with E-state index in [-0.39, 0.29) is 11.3 Å². The van der Waals surface area contributed by atoms with Crippen molar-refractivity contribution < 1.29 is 9.53 Å². The zero-order valence-electron chi connectivity index (χ0n) is 13.5. The van der Waals surface area contributed by atoms with E-state index in [2.05, 4.69) is 13.0 Å². The highest BCUT2D eigenvalue weighted by Gasteiger charge is 2.42. The molecule has 1 aliphatic heterocycles. The average Bonchev–Trinajstić information content (AvgIpc) is 2.66. The van der Waals surface area contributed by atoms with Crippen LogP contribution in [0.15, 0.2) is 24.3 Å². The predicted molar refractivity (Wildman–Crippen MR) is 85.7 cm³/mol. The fourth-order valence-electron chi connectivity index (χ4n) is 3.39. The van der Waals surface area contributed by atoms with Crippen molar-refractivity contribution in [3.63, 3.8) is 0 Å². The Morgan fingerprint density at radius 2 is 2.14 bits per heavy atom. The maximum atomic E-state index is 13.1. The zero-order valence-corrected chi connectivity index (χ0v) is 13.5. The first-order valence-corrected chi connectivity index (χ1v) is 8.04. The van der Waals surface area contributed by atoms with Crippen LogP contribution >= 0.6 is 0 Å². The number of nitrogens with zero attached hydrogens (tertiary/aromatic N) is 1. The highest BCUT2D eigenvalue weighted by atomic mass is 16.5. The third-order valence-corrected chi connectivity index (χ3v) is 4.68. The first kappa shape index (κ1) is 15.9. The van der Waals surface area contributed by atoms with Gasteiger partial charge in [-0.3, -0.25) is 4.79 Å². The Kier molecular flexibility index (Phi) is 5.27. The Bertz CT molecular complexity index is 486. The molecule has 0 radical (unpaired) electrons. The number of carbonyl (C=O) groups is 1. The SMILES string of the molecule is CCCC[C@@]1(c2cccc(OC)c2)CCCCN(C)C1=O. The number of hydrogen-bond donors (Lipinski definition) is 0. The lowest BCUT2D eigenvalue weighted by atomic mass is 9.72. The fraction of sp³-hybridized carbons (Fsp3) is 0.611. The second-order valence-electron chi connectivity index (χ2n) is 6.10. The summed E-state index contributed by atoms with van der Waals surface area (Å²) in [4.78, 5) is 15.0. The molecule has 1 saturated heterocycles. The van der Waals surface area contributed by atoms with E-state index in [4.69, 9.17) is 4.74 Å². The van der Waals surface area contributed by atoms with E-state index in [0.29, 0.717) is 0 Å². The molecule has 1 amide bonds. The van der Waals surface area contributed by atoms with Gasteiger partial charge in [0.25, 0.3) is 0 Å². The van der Waals surface area contributed by atoms with E-state index in [9.17, 15) is 4.79 Å². The molecule has 21 heavy (non-hydrogen) atoms. The van der Waals surface area contributed by atoms with Crippen LogP contribution in [0, 0.1) is 0 Å². The lowest BCUT2D eigenvalue weighted by Crippen LogP contribution is -2.44. The van der Waals surface area contributed by atoms with Crippen LogP contribution in [0.2, 0.25) is 0 Å². The van der Waals surface area contributed by atoms with Crippen molar-refractivity contribution in [2.24, 2.45) is 0 Å². The molecule has 1 aromatic rings. The van der Waals surface area contributed by atoms with Gasteiger partial charge < -0.3 is 9.64 Å². The number of likely N-dealkylation sites (N-methyl/N-ethyl adjacent to an activating group) is 1. The lowest BCUT2D eigenvalue weighted by molar-refractivity contribution is -0.136. The number of ether oxygens (including phenoxy) is 1. The molecular formula is C18H27NO2. The van der Waals surface area contributed by atoms with E-state index in [1.54, 1.807) is 7.11 Å². The molecule has 0 spiro atoms. The zero-order chi connectivity index (χ0) is 15.3. The van der Waals surface area contributed by atoms with Crippen LogP contribution in [0.3, 0.4) is 0 Å². The Hall–Kier alpha value is -1.51. The first-order valence-electron chi connectivity index (χ1n) is 8.04. The van der Waals surface area contributed by atoms with Gasteiger partial charge in [0.1, 0.15) is 5.75 Å². The normalized spacial score (nSPS) is 23.0. The predicted octanol–water partition coefficient (Wildman–Crippen LogP) is 3.77. The average molecular weight is 289 g/mol. The molecule has 0 N–H and O–H groups in total. The maximum absolute atomic E-state index is 13.1. The van der Waals surface area contributed by atoms with Gasteiger partial charge in [-0.2, -0.15) is 0 Å². The van der Waals surface area contributed by atoms with Gasteiger partial charge in [0.2, 0.25) is 5.91 Å². The molecule has 1 aliphatic rings. The van der Waals surface area contributed by atoms with Crippen molar-refractivity contribution >= 4 is 5.91 Å². The van der Waals surface area contributed by atoms with Gasteiger partial charge in [-0.25, -0.2) is 0 Å². The van der Waals surface area contributed by atoms with Crippen LogP contribution in [0.5, 0.6) is 5.75 Å². The molecule has 1 heterocycles. The summed E-state index contributed by atoms with van der Waals surface area (Å²) in [5, 5.41) is 0. The minimum absolute atomic E-state index is 0.279. The van der Waals surface area contributed by atoms with Crippen LogP contribution in [0.4, 0.5) is 0 Å². The molecule has 116 valence electrons. The number of methoxy groups -OCH3 is 1. The second-order valence-corrected chi connectivity index (χ2v) is 6.10. The molecule has 0 aromatic heterocycles. The summed E-state index contributed by atoms with van der Waals surface area (Å²) in [5.41, 5.74) is 0.754. The largest absolute Gasteiger partial charge is 0.497 e. The summed E-state index contributed by atoms with van der Waals surface area (Å²) in [6.07, 6.45) is 6.28. The van der Waals surface area contributed by atoms with E-state index in [1.807, 2.05) is 30.1 Å². The number of hydrogen-bond acceptors (Lipinski definition) is 2. The van der Waals surface area contributed by atoms with E-state index >= 15 is 0 Å². The summed E-state index contributed by atoms with van der Waals surface area (Å²) < 4.78 is 5.36. The minimum Gasteiger partial charge on any atom is -0.497 e. The Morgan fingerprint density at radius 1 is 1.33 bits per heavy atom. The van der Waals surface area contributed by atoms with E-state index < -0.39 is 0 Å². The van der Waals surface area contributed by atoms with Gasteiger partial charge >= 0.3 is 0 Å². The summed E-state index contributed by atoms with van der Waals surface area (Å²) in [5.74, 6) is 1.12. The molecule has 1 aromatic carbocycles. The summed E-state index contributed by atoms with van der Waals surface area (Å²) in [6.45, 7) is 3.06. The van der Waals surface area contributed by atoms with Crippen molar-refractivity contribution in [1.29, 1.82) is 0 Å². The van der Waals surface area contributed by atoms with Gasteiger partial charge in [0.05, 0.1) is 12.5 Å². The summed E-state index contributed by atoms with van der Waals surface area (Å²) >= 11 is 0. The molecule has 0 bridgehead atoms. The van der Waals surface area contributed by atoms with Crippen LogP contribution < -0.4 is 4.74 Å². The quantitative estimate of drug-likeness (QED) is 0.826. The highest BCUT2D eigenvalue weighted by molar-refractivity contribution is 5.88. The van der Waals surface area contributed by atoms with Crippen LogP contribution in [0.25, 0.3) is 0 Å². The minimum atomic E-state index is -0.365. The molecule has 3 nitrogen and oxygen atoms in total. The maximum Gasteiger partial charge on any atom is 0.232 e. The van der Waals surface area contributed by atoms with Crippen LogP contribution in [-0.2, 0) is 10.2 Å². The Morgan fingerprint density at radius 3 is 2.86 bits per heavy atom. The summed E-state index contributed by atoms with van der Waals surface area (Å²) in [6, 6.07) is 8.09. The van der Waals surface area contributed by atoms with Crippen molar-refractivity contribution in [2.75, 3.05) is 20.7 Å². The van der Waals surface area contributed by atoms with E-state index in [1.165, 1.54) is 0 Å². The smallest absolute Gasteiger partial charge is 0.232 e. The standard InChI is InChI=1S/C18H27NO2/c1-4-5-11-18(12-6-7-13-19(2)17(18)20)15-9-8-10-16(14-15)21-3/h8-10,14H,4-7,11-13H2,1-3H3/t18-/m0/s1. The second kappa shape index (κ2) is 6.97. The van der Waals surface area contributed by atoms with Gasteiger partial charge in [0, 0.05) is 13.6 Å². The molecule has 0 saturated carbocycles. The number of carbonyl (C=O) groups excluding carboxylic acids is 1. The van der Waals surface area contributed by atoms with Crippen molar-refractivity contribution in [3.05, 3.63) is 29.8 Å². The van der Waals surface area contributed by atoms with Crippen molar-refractivity contribution in [3.8, 4) is 5.75 Å². The molecule has 0 aliphatic carbocycles. The van der Waals surface area contributed by atoms with Crippen LogP contribution in [0.1, 0.15) is 51.0 Å². The van der Waals surface area contributed by atoms with Gasteiger partial charge in [0.15, 0.2) is 0 Å². The number of likely N-dealkylation sites (tertiary alicyclic amines) is 1. The topological polar surface area (TPSA) is 29.5 Å². The highest BCUT2D eigenvalue weighted by Crippen LogP contribution is 2.40. The number of rotatable bonds is 5.